The second-order valence-corrected chi connectivity index (χ2v) is 5.74. The molecule has 0 aliphatic heterocycles. The number of halogens is 2. The van der Waals surface area contributed by atoms with E-state index in [0.717, 1.165) is 25.7 Å². The maximum Gasteiger partial charge on any atom is 0.192 e. The van der Waals surface area contributed by atoms with E-state index in [9.17, 15) is 9.59 Å². The van der Waals surface area contributed by atoms with Gasteiger partial charge in [-0.25, -0.2) is 0 Å². The SMILES string of the molecule is O=C(I)CCCCCCCCC(=O)I. The van der Waals surface area contributed by atoms with Crippen molar-refractivity contribution < 1.29 is 9.59 Å². The Kier molecular flexibility index (Phi) is 10.9. The molecule has 0 amide bonds. The maximum absolute atomic E-state index is 10.6. The van der Waals surface area contributed by atoms with Gasteiger partial charge >= 0.3 is 0 Å². The first-order valence-electron chi connectivity index (χ1n) is 4.99. The molecule has 0 spiro atoms. The Morgan fingerprint density at radius 1 is 0.643 bits per heavy atom. The number of carbonyl (C=O) groups excluding carboxylic acids is 2. The smallest absolute Gasteiger partial charge is 0.192 e. The average Bonchev–Trinajstić information content (AvgIpc) is 2.08. The Morgan fingerprint density at radius 2 is 0.929 bits per heavy atom. The molecule has 2 nitrogen and oxygen atoms in total. The van der Waals surface area contributed by atoms with Gasteiger partial charge in [-0.2, -0.15) is 0 Å². The first-order chi connectivity index (χ1) is 6.63. The van der Waals surface area contributed by atoms with E-state index in [1.807, 2.05) is 45.2 Å². The van der Waals surface area contributed by atoms with Crippen molar-refractivity contribution in [3.8, 4) is 0 Å². The largest absolute Gasteiger partial charge is 0.288 e. The van der Waals surface area contributed by atoms with Crippen LogP contribution in [0.3, 0.4) is 0 Å². The molecule has 0 saturated heterocycles. The highest BCUT2D eigenvalue weighted by Crippen LogP contribution is 2.10. The summed E-state index contributed by atoms with van der Waals surface area (Å²) >= 11 is 3.69. The molecule has 0 unspecified atom stereocenters. The lowest BCUT2D eigenvalue weighted by atomic mass is 10.1. The highest BCUT2D eigenvalue weighted by atomic mass is 127. The van der Waals surface area contributed by atoms with Gasteiger partial charge in [0, 0.05) is 12.8 Å². The average molecular weight is 422 g/mol. The van der Waals surface area contributed by atoms with Crippen LogP contribution >= 0.6 is 45.2 Å². The molecule has 0 aliphatic carbocycles. The van der Waals surface area contributed by atoms with E-state index in [1.165, 1.54) is 12.8 Å². The third kappa shape index (κ3) is 12.8. The van der Waals surface area contributed by atoms with Crippen molar-refractivity contribution in [3.63, 3.8) is 0 Å². The lowest BCUT2D eigenvalue weighted by Crippen LogP contribution is -1.87. The lowest BCUT2D eigenvalue weighted by molar-refractivity contribution is -0.110. The Hall–Kier alpha value is 0.800. The van der Waals surface area contributed by atoms with Gasteiger partial charge in [-0.15, -0.1) is 0 Å². The predicted molar refractivity (Wildman–Crippen MR) is 75.0 cm³/mol. The molecule has 0 aliphatic rings. The Bertz CT molecular complexity index is 161. The molecule has 82 valence electrons. The zero-order chi connectivity index (χ0) is 10.8. The normalized spacial score (nSPS) is 10.1. The molecule has 0 aromatic rings. The predicted octanol–water partition coefficient (Wildman–Crippen LogP) is 4.03. The minimum atomic E-state index is 0.262. The second-order valence-electron chi connectivity index (χ2n) is 3.33. The van der Waals surface area contributed by atoms with Crippen LogP contribution in [0.1, 0.15) is 51.4 Å². The standard InChI is InChI=1S/C10H16I2O2/c11-9(13)7-5-3-1-2-4-6-8-10(12)14/h1-8H2. The molecule has 0 atom stereocenters. The van der Waals surface area contributed by atoms with Crippen molar-refractivity contribution in [2.24, 2.45) is 0 Å². The van der Waals surface area contributed by atoms with Crippen LogP contribution in [0.5, 0.6) is 0 Å². The summed E-state index contributed by atoms with van der Waals surface area (Å²) in [5, 5.41) is 0. The molecule has 0 aromatic carbocycles. The van der Waals surface area contributed by atoms with Gasteiger partial charge in [0.1, 0.15) is 0 Å². The van der Waals surface area contributed by atoms with Gasteiger partial charge in [0.15, 0.2) is 7.58 Å². The van der Waals surface area contributed by atoms with Crippen LogP contribution < -0.4 is 0 Å². The van der Waals surface area contributed by atoms with Gasteiger partial charge in [-0.05, 0) is 58.0 Å². The van der Waals surface area contributed by atoms with Crippen LogP contribution in [-0.4, -0.2) is 7.58 Å². The summed E-state index contributed by atoms with van der Waals surface area (Å²) in [5.74, 6) is 0. The second kappa shape index (κ2) is 10.3. The third-order valence-corrected chi connectivity index (χ3v) is 3.08. The molecule has 0 rings (SSSR count). The fourth-order valence-electron chi connectivity index (χ4n) is 1.24. The molecule has 0 heterocycles. The van der Waals surface area contributed by atoms with Gasteiger partial charge < -0.3 is 0 Å². The van der Waals surface area contributed by atoms with E-state index in [1.54, 1.807) is 0 Å². The molecule has 0 radical (unpaired) electrons. The van der Waals surface area contributed by atoms with Crippen molar-refractivity contribution in [2.45, 2.75) is 51.4 Å². The summed E-state index contributed by atoms with van der Waals surface area (Å²) in [4.78, 5) is 21.2. The van der Waals surface area contributed by atoms with E-state index in [2.05, 4.69) is 0 Å². The number of carbonyl (C=O) groups is 2. The number of hydrogen-bond donors (Lipinski definition) is 0. The topological polar surface area (TPSA) is 34.1 Å². The highest BCUT2D eigenvalue weighted by molar-refractivity contribution is 14.1. The van der Waals surface area contributed by atoms with Gasteiger partial charge in [-0.1, -0.05) is 25.7 Å². The van der Waals surface area contributed by atoms with Crippen LogP contribution in [0, 0.1) is 0 Å². The maximum atomic E-state index is 10.6. The Labute approximate surface area is 113 Å². The zero-order valence-corrected chi connectivity index (χ0v) is 12.5. The van der Waals surface area contributed by atoms with E-state index in [0.29, 0.717) is 12.8 Å². The Morgan fingerprint density at radius 3 is 1.21 bits per heavy atom. The first kappa shape index (κ1) is 14.8. The van der Waals surface area contributed by atoms with Gasteiger partial charge in [-0.3, -0.25) is 9.59 Å². The van der Waals surface area contributed by atoms with E-state index < -0.39 is 0 Å². The molecule has 14 heavy (non-hydrogen) atoms. The van der Waals surface area contributed by atoms with Gasteiger partial charge in [0.25, 0.3) is 0 Å². The molecular weight excluding hydrogens is 406 g/mol. The van der Waals surface area contributed by atoms with Crippen molar-refractivity contribution in [3.05, 3.63) is 0 Å². The minimum absolute atomic E-state index is 0.262. The quantitative estimate of drug-likeness (QED) is 0.320. The van der Waals surface area contributed by atoms with Gasteiger partial charge in [0.05, 0.1) is 0 Å². The Balaban J connectivity index is 2.99. The summed E-state index contributed by atoms with van der Waals surface area (Å²) in [5.41, 5.74) is 0. The van der Waals surface area contributed by atoms with Gasteiger partial charge in [0.2, 0.25) is 0 Å². The van der Waals surface area contributed by atoms with Crippen LogP contribution in [-0.2, 0) is 9.59 Å². The molecule has 0 saturated carbocycles. The van der Waals surface area contributed by atoms with Crippen molar-refractivity contribution in [1.29, 1.82) is 0 Å². The molecule has 0 N–H and O–H groups in total. The van der Waals surface area contributed by atoms with E-state index in [4.69, 9.17) is 0 Å². The summed E-state index contributed by atoms with van der Waals surface area (Å²) in [6.07, 6.45) is 8.15. The minimum Gasteiger partial charge on any atom is -0.288 e. The van der Waals surface area contributed by atoms with Crippen LogP contribution in [0.4, 0.5) is 0 Å². The lowest BCUT2D eigenvalue weighted by Gasteiger charge is -1.99. The fourth-order valence-corrected chi connectivity index (χ4v) is 2.00. The van der Waals surface area contributed by atoms with Crippen LogP contribution in [0.15, 0.2) is 0 Å². The summed E-state index contributed by atoms with van der Waals surface area (Å²) < 4.78 is 0.524. The summed E-state index contributed by atoms with van der Waals surface area (Å²) in [6, 6.07) is 0. The molecule has 0 bridgehead atoms. The summed E-state index contributed by atoms with van der Waals surface area (Å²) in [6.45, 7) is 0. The number of unbranched alkanes of at least 4 members (excludes halogenated alkanes) is 5. The zero-order valence-electron chi connectivity index (χ0n) is 8.23. The highest BCUT2D eigenvalue weighted by Gasteiger charge is 1.97. The van der Waals surface area contributed by atoms with E-state index in [-0.39, 0.29) is 7.58 Å². The van der Waals surface area contributed by atoms with Crippen LogP contribution in [0.2, 0.25) is 0 Å². The van der Waals surface area contributed by atoms with Crippen molar-refractivity contribution in [1.82, 2.24) is 0 Å². The molecule has 0 fully saturated rings. The number of rotatable bonds is 9. The van der Waals surface area contributed by atoms with Crippen LogP contribution in [0.25, 0.3) is 0 Å². The first-order valence-corrected chi connectivity index (χ1v) is 7.15. The molecular formula is C10H16I2O2. The number of hydrogen-bond acceptors (Lipinski definition) is 2. The van der Waals surface area contributed by atoms with Crippen molar-refractivity contribution in [2.75, 3.05) is 0 Å². The van der Waals surface area contributed by atoms with Crippen molar-refractivity contribution >= 4 is 52.8 Å². The summed E-state index contributed by atoms with van der Waals surface area (Å²) in [7, 11) is 0. The molecule has 0 aromatic heterocycles. The fraction of sp³-hybridized carbons (Fsp3) is 0.800. The molecule has 4 heteroatoms. The van der Waals surface area contributed by atoms with E-state index >= 15 is 0 Å². The monoisotopic (exact) mass is 422 g/mol. The third-order valence-electron chi connectivity index (χ3n) is 2.00.